The number of fused-ring (bicyclic) bond motifs is 1. The van der Waals surface area contributed by atoms with Crippen molar-refractivity contribution in [1.29, 1.82) is 5.26 Å². The van der Waals surface area contributed by atoms with Gasteiger partial charge in [-0.1, -0.05) is 41.1 Å². The molecule has 0 amide bonds. The van der Waals surface area contributed by atoms with Gasteiger partial charge in [-0.05, 0) is 30.2 Å². The molecule has 1 aromatic heterocycles. The Morgan fingerprint density at radius 1 is 1.28 bits per heavy atom. The van der Waals surface area contributed by atoms with Crippen molar-refractivity contribution in [2.45, 2.75) is 13.5 Å². The Morgan fingerprint density at radius 3 is 2.72 bits per heavy atom. The number of aliphatic hydroxyl groups excluding tert-OH is 1. The van der Waals surface area contributed by atoms with Crippen LogP contribution in [0.2, 0.25) is 0 Å². The minimum atomic E-state index is 0.0644. The van der Waals surface area contributed by atoms with Crippen molar-refractivity contribution in [3.05, 3.63) is 52.5 Å². The van der Waals surface area contributed by atoms with E-state index in [0.29, 0.717) is 12.1 Å². The number of para-hydroxylation sites is 1. The molecule has 0 saturated heterocycles. The predicted octanol–water partition coefficient (Wildman–Crippen LogP) is 4.58. The van der Waals surface area contributed by atoms with Crippen LogP contribution < -0.4 is 4.74 Å². The predicted molar refractivity (Wildman–Crippen MR) is 103 cm³/mol. The second-order valence-electron chi connectivity index (χ2n) is 6.10. The summed E-state index contributed by atoms with van der Waals surface area (Å²) in [5, 5.41) is 20.3. The highest BCUT2D eigenvalue weighted by molar-refractivity contribution is 9.10. The monoisotopic (exact) mass is 398 g/mol. The molecule has 0 unspecified atom stereocenters. The average molecular weight is 399 g/mol. The Bertz CT molecular complexity index is 956. The first-order chi connectivity index (χ1) is 12.1. The van der Waals surface area contributed by atoms with E-state index in [9.17, 15) is 10.4 Å². The van der Waals surface area contributed by atoms with Crippen LogP contribution in [0.4, 0.5) is 0 Å². The molecular formula is C20H19BrN2O2. The fraction of sp³-hybridized carbons (Fsp3) is 0.250. The second-order valence-corrected chi connectivity index (χ2v) is 7.01. The summed E-state index contributed by atoms with van der Waals surface area (Å²) in [4.78, 5) is 0. The van der Waals surface area contributed by atoms with E-state index < -0.39 is 0 Å². The van der Waals surface area contributed by atoms with Gasteiger partial charge in [0.05, 0.1) is 23.9 Å². The van der Waals surface area contributed by atoms with E-state index >= 15 is 0 Å². The Morgan fingerprint density at radius 2 is 2.04 bits per heavy atom. The Balaban J connectivity index is 2.39. The average Bonchev–Trinajstić information content (AvgIpc) is 2.93. The topological polar surface area (TPSA) is 58.2 Å². The smallest absolute Gasteiger partial charge is 0.128 e. The summed E-state index contributed by atoms with van der Waals surface area (Å²) in [6.07, 6.45) is 0. The number of benzene rings is 2. The van der Waals surface area contributed by atoms with E-state index in [4.69, 9.17) is 4.74 Å². The third kappa shape index (κ3) is 3.15. The van der Waals surface area contributed by atoms with Gasteiger partial charge in [0.1, 0.15) is 11.8 Å². The first-order valence-corrected chi connectivity index (χ1v) is 8.86. The van der Waals surface area contributed by atoms with E-state index in [0.717, 1.165) is 32.4 Å². The summed E-state index contributed by atoms with van der Waals surface area (Å²) in [7, 11) is 1.63. The van der Waals surface area contributed by atoms with Gasteiger partial charge in [-0.2, -0.15) is 5.26 Å². The molecule has 1 heterocycles. The molecule has 0 bridgehead atoms. The van der Waals surface area contributed by atoms with Gasteiger partial charge in [0.2, 0.25) is 0 Å². The van der Waals surface area contributed by atoms with Crippen molar-refractivity contribution in [3.8, 4) is 23.1 Å². The number of methoxy groups -OCH3 is 1. The van der Waals surface area contributed by atoms with Gasteiger partial charge in [-0.3, -0.25) is 0 Å². The van der Waals surface area contributed by atoms with Gasteiger partial charge in [0, 0.05) is 28.6 Å². The molecule has 2 aromatic carbocycles. The van der Waals surface area contributed by atoms with Crippen LogP contribution in [0.1, 0.15) is 12.5 Å². The molecule has 25 heavy (non-hydrogen) atoms. The summed E-state index contributed by atoms with van der Waals surface area (Å²) in [5.41, 5.74) is 3.29. The lowest BCUT2D eigenvalue weighted by Gasteiger charge is -2.16. The minimum absolute atomic E-state index is 0.0644. The molecule has 5 heteroatoms. The molecule has 128 valence electrons. The van der Waals surface area contributed by atoms with Crippen molar-refractivity contribution in [2.75, 3.05) is 13.7 Å². The summed E-state index contributed by atoms with van der Waals surface area (Å²) in [5.74, 6) is 0.786. The maximum Gasteiger partial charge on any atom is 0.128 e. The van der Waals surface area contributed by atoms with E-state index in [1.54, 1.807) is 7.11 Å². The molecule has 0 saturated carbocycles. The van der Waals surface area contributed by atoms with Gasteiger partial charge in [0.25, 0.3) is 0 Å². The van der Waals surface area contributed by atoms with Crippen molar-refractivity contribution in [3.63, 3.8) is 0 Å². The molecule has 4 nitrogen and oxygen atoms in total. The Labute approximate surface area is 155 Å². The quantitative estimate of drug-likeness (QED) is 0.683. The third-order valence-electron chi connectivity index (χ3n) is 4.31. The van der Waals surface area contributed by atoms with Crippen LogP contribution >= 0.6 is 15.9 Å². The number of aliphatic hydroxyl groups is 1. The van der Waals surface area contributed by atoms with E-state index in [1.165, 1.54) is 0 Å². The highest BCUT2D eigenvalue weighted by Crippen LogP contribution is 2.39. The molecule has 1 atom stereocenters. The number of ether oxygens (including phenoxy) is 1. The first-order valence-electron chi connectivity index (χ1n) is 8.06. The molecule has 0 aliphatic rings. The lowest BCUT2D eigenvalue weighted by Crippen LogP contribution is -2.12. The first kappa shape index (κ1) is 17.5. The number of halogens is 1. The molecule has 1 N–H and O–H groups in total. The molecule has 0 fully saturated rings. The molecule has 0 radical (unpaired) electrons. The van der Waals surface area contributed by atoms with Gasteiger partial charge in [-0.25, -0.2) is 0 Å². The van der Waals surface area contributed by atoms with Crippen molar-refractivity contribution in [1.82, 2.24) is 4.57 Å². The number of nitriles is 1. The number of hydrogen-bond donors (Lipinski definition) is 1. The molecule has 3 rings (SSSR count). The number of hydrogen-bond acceptors (Lipinski definition) is 3. The maximum atomic E-state index is 9.85. The standard InChI is InChI=1S/C20H19BrN2O2/c1-13(12-24)11-23-18-9-14(21)7-8-15(18)17(10-22)20(23)16-5-3-4-6-19(16)25-2/h3-9,13,24H,11-12H2,1-2H3/t13-/m0/s1. The van der Waals surface area contributed by atoms with Crippen LogP contribution in [0.5, 0.6) is 5.75 Å². The molecule has 0 aliphatic heterocycles. The fourth-order valence-corrected chi connectivity index (χ4v) is 3.46. The third-order valence-corrected chi connectivity index (χ3v) is 4.80. The van der Waals surface area contributed by atoms with Crippen LogP contribution in [0.25, 0.3) is 22.2 Å². The largest absolute Gasteiger partial charge is 0.496 e. The number of nitrogens with zero attached hydrogens (tertiary/aromatic N) is 2. The highest BCUT2D eigenvalue weighted by atomic mass is 79.9. The molecular weight excluding hydrogens is 380 g/mol. The lowest BCUT2D eigenvalue weighted by molar-refractivity contribution is 0.224. The van der Waals surface area contributed by atoms with Gasteiger partial charge >= 0.3 is 0 Å². The van der Waals surface area contributed by atoms with Gasteiger partial charge in [-0.15, -0.1) is 0 Å². The summed E-state index contributed by atoms with van der Waals surface area (Å²) < 4.78 is 8.58. The summed E-state index contributed by atoms with van der Waals surface area (Å²) in [6.45, 7) is 2.68. The Kier molecular flexibility index (Phi) is 5.12. The van der Waals surface area contributed by atoms with Crippen molar-refractivity contribution >= 4 is 26.8 Å². The van der Waals surface area contributed by atoms with Crippen LogP contribution in [-0.4, -0.2) is 23.4 Å². The lowest BCUT2D eigenvalue weighted by atomic mass is 10.0. The van der Waals surface area contributed by atoms with E-state index in [2.05, 4.69) is 26.6 Å². The fourth-order valence-electron chi connectivity index (χ4n) is 3.12. The van der Waals surface area contributed by atoms with Crippen molar-refractivity contribution in [2.24, 2.45) is 5.92 Å². The summed E-state index contributed by atoms with van der Waals surface area (Å²) in [6, 6.07) is 16.0. The zero-order valence-corrected chi connectivity index (χ0v) is 15.7. The molecule has 0 spiro atoms. The van der Waals surface area contributed by atoms with Gasteiger partial charge in [0.15, 0.2) is 0 Å². The van der Waals surface area contributed by atoms with Crippen LogP contribution in [0, 0.1) is 17.2 Å². The SMILES string of the molecule is COc1ccccc1-c1c(C#N)c2ccc(Br)cc2n1C[C@H](C)CO. The zero-order valence-electron chi connectivity index (χ0n) is 14.2. The normalized spacial score (nSPS) is 12.1. The molecule has 0 aliphatic carbocycles. The van der Waals surface area contributed by atoms with Crippen LogP contribution in [0.3, 0.4) is 0 Å². The van der Waals surface area contributed by atoms with Crippen LogP contribution in [0.15, 0.2) is 46.9 Å². The Hall–Kier alpha value is -2.29. The molecule has 3 aromatic rings. The van der Waals surface area contributed by atoms with Gasteiger partial charge < -0.3 is 14.4 Å². The highest BCUT2D eigenvalue weighted by Gasteiger charge is 2.22. The number of aromatic nitrogens is 1. The van der Waals surface area contributed by atoms with Crippen LogP contribution in [-0.2, 0) is 6.54 Å². The zero-order chi connectivity index (χ0) is 18.0. The minimum Gasteiger partial charge on any atom is -0.496 e. The van der Waals surface area contributed by atoms with E-state index in [-0.39, 0.29) is 12.5 Å². The summed E-state index contributed by atoms with van der Waals surface area (Å²) >= 11 is 3.52. The van der Waals surface area contributed by atoms with E-state index in [1.807, 2.05) is 49.4 Å². The number of rotatable bonds is 5. The van der Waals surface area contributed by atoms with Crippen molar-refractivity contribution < 1.29 is 9.84 Å². The maximum absolute atomic E-state index is 9.85. The second kappa shape index (κ2) is 7.30.